The highest BCUT2D eigenvalue weighted by molar-refractivity contribution is 5.90. The lowest BCUT2D eigenvalue weighted by Crippen LogP contribution is -2.53. The van der Waals surface area contributed by atoms with E-state index in [4.69, 9.17) is 0 Å². The third-order valence-corrected chi connectivity index (χ3v) is 4.01. The molecule has 2 saturated heterocycles. The summed E-state index contributed by atoms with van der Waals surface area (Å²) < 4.78 is 40.3. The third-order valence-electron chi connectivity index (χ3n) is 4.01. The molecule has 9 heteroatoms. The van der Waals surface area contributed by atoms with Crippen LogP contribution in [0.15, 0.2) is 0 Å². The summed E-state index contributed by atoms with van der Waals surface area (Å²) in [6.45, 7) is 2.05. The van der Waals surface area contributed by atoms with Crippen LogP contribution in [0.3, 0.4) is 0 Å². The van der Waals surface area contributed by atoms with Crippen LogP contribution < -0.4 is 5.32 Å². The number of carbonyl (C=O) groups excluding carboxylic acids is 2. The van der Waals surface area contributed by atoms with Gasteiger partial charge in [0.1, 0.15) is 12.6 Å². The van der Waals surface area contributed by atoms with Crippen LogP contribution >= 0.6 is 0 Å². The number of halogens is 3. The number of amides is 2. The number of hydrogen-bond donors (Lipinski definition) is 1. The van der Waals surface area contributed by atoms with Crippen molar-refractivity contribution >= 4 is 11.8 Å². The van der Waals surface area contributed by atoms with Crippen LogP contribution in [-0.2, 0) is 14.3 Å². The van der Waals surface area contributed by atoms with Crippen molar-refractivity contribution in [3.05, 3.63) is 0 Å². The van der Waals surface area contributed by atoms with Crippen LogP contribution in [0.5, 0.6) is 0 Å². The Kier molecular flexibility index (Phi) is 6.23. The molecule has 23 heavy (non-hydrogen) atoms. The Balaban J connectivity index is 1.59. The van der Waals surface area contributed by atoms with Crippen molar-refractivity contribution in [3.63, 3.8) is 0 Å². The molecule has 2 amide bonds. The summed E-state index contributed by atoms with van der Waals surface area (Å²) in [5.74, 6) is -0.121. The van der Waals surface area contributed by atoms with E-state index in [-0.39, 0.29) is 18.4 Å². The second kappa shape index (κ2) is 7.96. The van der Waals surface area contributed by atoms with E-state index in [1.165, 1.54) is 0 Å². The van der Waals surface area contributed by atoms with Crippen molar-refractivity contribution in [2.24, 2.45) is 0 Å². The Labute approximate surface area is 132 Å². The maximum absolute atomic E-state index is 12.2. The molecule has 0 unspecified atom stereocenters. The predicted octanol–water partition coefficient (Wildman–Crippen LogP) is 0.378. The molecular formula is C14H22F3N3O3. The maximum Gasteiger partial charge on any atom is 0.411 e. The van der Waals surface area contributed by atoms with E-state index < -0.39 is 18.8 Å². The van der Waals surface area contributed by atoms with E-state index in [0.717, 1.165) is 0 Å². The molecule has 2 heterocycles. The first kappa shape index (κ1) is 18.0. The second-order valence-electron chi connectivity index (χ2n) is 5.85. The summed E-state index contributed by atoms with van der Waals surface area (Å²) in [5, 5.41) is 2.67. The zero-order chi connectivity index (χ0) is 16.9. The summed E-state index contributed by atoms with van der Waals surface area (Å²) in [6, 6.07) is -0.398. The summed E-state index contributed by atoms with van der Waals surface area (Å²) in [7, 11) is 0. The molecule has 2 aliphatic rings. The average Bonchev–Trinajstić information content (AvgIpc) is 2.92. The van der Waals surface area contributed by atoms with E-state index >= 15 is 0 Å². The maximum atomic E-state index is 12.2. The van der Waals surface area contributed by atoms with Gasteiger partial charge in [0, 0.05) is 45.8 Å². The van der Waals surface area contributed by atoms with Gasteiger partial charge in [0.2, 0.25) is 11.8 Å². The normalized spacial score (nSPS) is 23.2. The molecule has 1 N–H and O–H groups in total. The van der Waals surface area contributed by atoms with E-state index in [0.29, 0.717) is 52.0 Å². The molecule has 0 aromatic carbocycles. The Morgan fingerprint density at radius 2 is 1.96 bits per heavy atom. The Bertz CT molecular complexity index is 423. The van der Waals surface area contributed by atoms with Gasteiger partial charge in [0.25, 0.3) is 0 Å². The molecule has 0 spiro atoms. The highest BCUT2D eigenvalue weighted by atomic mass is 19.4. The first-order valence-electron chi connectivity index (χ1n) is 7.80. The van der Waals surface area contributed by atoms with Crippen molar-refractivity contribution in [2.75, 3.05) is 45.9 Å². The smallest absolute Gasteiger partial charge is 0.372 e. The van der Waals surface area contributed by atoms with Gasteiger partial charge in [-0.15, -0.1) is 0 Å². The fraction of sp³-hybridized carbons (Fsp3) is 0.857. The van der Waals surface area contributed by atoms with Gasteiger partial charge in [-0.3, -0.25) is 14.5 Å². The largest absolute Gasteiger partial charge is 0.411 e. The lowest BCUT2D eigenvalue weighted by Gasteiger charge is -2.35. The summed E-state index contributed by atoms with van der Waals surface area (Å²) >= 11 is 0. The molecule has 0 saturated carbocycles. The fourth-order valence-corrected chi connectivity index (χ4v) is 2.79. The molecule has 2 aliphatic heterocycles. The lowest BCUT2D eigenvalue weighted by molar-refractivity contribution is -0.174. The van der Waals surface area contributed by atoms with Gasteiger partial charge in [-0.2, -0.15) is 13.2 Å². The Morgan fingerprint density at radius 1 is 1.26 bits per heavy atom. The fourth-order valence-electron chi connectivity index (χ4n) is 2.79. The van der Waals surface area contributed by atoms with Gasteiger partial charge >= 0.3 is 6.18 Å². The summed E-state index contributed by atoms with van der Waals surface area (Å²) in [4.78, 5) is 27.2. The van der Waals surface area contributed by atoms with Gasteiger partial charge in [0.15, 0.2) is 0 Å². The van der Waals surface area contributed by atoms with Crippen molar-refractivity contribution in [3.8, 4) is 0 Å². The SMILES string of the molecule is O=C1CC[C@H](C(=O)N2CCN(CCCOCC(F)(F)F)CC2)N1. The quantitative estimate of drug-likeness (QED) is 0.712. The second-order valence-corrected chi connectivity index (χ2v) is 5.85. The number of piperazine rings is 1. The van der Waals surface area contributed by atoms with Crippen molar-refractivity contribution < 1.29 is 27.5 Å². The lowest BCUT2D eigenvalue weighted by atomic mass is 10.2. The molecule has 0 aromatic heterocycles. The molecule has 1 atom stereocenters. The number of carbonyl (C=O) groups is 2. The van der Waals surface area contributed by atoms with Gasteiger partial charge < -0.3 is 15.0 Å². The van der Waals surface area contributed by atoms with Gasteiger partial charge in [-0.25, -0.2) is 0 Å². The first-order chi connectivity index (χ1) is 10.8. The van der Waals surface area contributed by atoms with Crippen LogP contribution in [0.4, 0.5) is 13.2 Å². The van der Waals surface area contributed by atoms with Gasteiger partial charge in [-0.05, 0) is 12.8 Å². The molecule has 0 aliphatic carbocycles. The van der Waals surface area contributed by atoms with Crippen LogP contribution in [0.1, 0.15) is 19.3 Å². The van der Waals surface area contributed by atoms with E-state index in [1.54, 1.807) is 4.90 Å². The zero-order valence-corrected chi connectivity index (χ0v) is 12.9. The first-order valence-corrected chi connectivity index (χ1v) is 7.80. The number of hydrogen-bond acceptors (Lipinski definition) is 4. The van der Waals surface area contributed by atoms with Gasteiger partial charge in [0.05, 0.1) is 0 Å². The molecule has 0 bridgehead atoms. The van der Waals surface area contributed by atoms with Crippen LogP contribution in [0.25, 0.3) is 0 Å². The van der Waals surface area contributed by atoms with Crippen LogP contribution in [0, 0.1) is 0 Å². The average molecular weight is 337 g/mol. The van der Waals surface area contributed by atoms with E-state index in [9.17, 15) is 22.8 Å². The van der Waals surface area contributed by atoms with E-state index in [2.05, 4.69) is 15.0 Å². The molecular weight excluding hydrogens is 315 g/mol. The standard InChI is InChI=1S/C14H22F3N3O3/c15-14(16,17)10-23-9-1-4-19-5-7-20(8-6-19)13(22)11-2-3-12(21)18-11/h11H,1-10H2,(H,18,21)/t11-/m1/s1. The molecule has 6 nitrogen and oxygen atoms in total. The zero-order valence-electron chi connectivity index (χ0n) is 12.9. The Morgan fingerprint density at radius 3 is 2.52 bits per heavy atom. The number of rotatable bonds is 6. The third kappa shape index (κ3) is 5.98. The molecule has 0 radical (unpaired) electrons. The number of alkyl halides is 3. The minimum absolute atomic E-state index is 0.0380. The minimum atomic E-state index is -4.28. The van der Waals surface area contributed by atoms with Crippen molar-refractivity contribution in [1.29, 1.82) is 0 Å². The van der Waals surface area contributed by atoms with Crippen molar-refractivity contribution in [2.45, 2.75) is 31.5 Å². The topological polar surface area (TPSA) is 61.9 Å². The number of nitrogens with zero attached hydrogens (tertiary/aromatic N) is 2. The monoisotopic (exact) mass is 337 g/mol. The Hall–Kier alpha value is -1.35. The van der Waals surface area contributed by atoms with E-state index in [1.807, 2.05) is 0 Å². The van der Waals surface area contributed by atoms with Crippen LogP contribution in [-0.4, -0.2) is 79.8 Å². The summed E-state index contributed by atoms with van der Waals surface area (Å²) in [5.41, 5.74) is 0. The molecule has 2 rings (SSSR count). The minimum Gasteiger partial charge on any atom is -0.372 e. The number of ether oxygens (including phenoxy) is 1. The molecule has 0 aromatic rings. The highest BCUT2D eigenvalue weighted by Crippen LogP contribution is 2.15. The number of nitrogens with one attached hydrogen (secondary N) is 1. The van der Waals surface area contributed by atoms with Crippen molar-refractivity contribution in [1.82, 2.24) is 15.1 Å². The molecule has 132 valence electrons. The molecule has 2 fully saturated rings. The van der Waals surface area contributed by atoms with Gasteiger partial charge in [-0.1, -0.05) is 0 Å². The van der Waals surface area contributed by atoms with Crippen LogP contribution in [0.2, 0.25) is 0 Å². The predicted molar refractivity (Wildman–Crippen MR) is 75.7 cm³/mol. The summed E-state index contributed by atoms with van der Waals surface area (Å²) in [6.07, 6.45) is -2.80. The highest BCUT2D eigenvalue weighted by Gasteiger charge is 2.32.